The minimum Gasteiger partial charge on any atom is -0.321 e. The van der Waals surface area contributed by atoms with Crippen molar-refractivity contribution in [1.29, 1.82) is 0 Å². The molecule has 0 spiro atoms. The van der Waals surface area contributed by atoms with E-state index < -0.39 is 17.2 Å². The SMILES string of the molecule is Cn1c(=O)c2c(NC(=O)c3cc(Br)ccc3Cl)ccnc2n(C)c1=O. The molecule has 0 aliphatic heterocycles. The van der Waals surface area contributed by atoms with Crippen LogP contribution in [0.4, 0.5) is 5.69 Å². The van der Waals surface area contributed by atoms with Crippen LogP contribution in [0.15, 0.2) is 44.5 Å². The minimum absolute atomic E-state index is 0.145. The summed E-state index contributed by atoms with van der Waals surface area (Å²) in [6.45, 7) is 0. The zero-order chi connectivity index (χ0) is 18.3. The number of carbonyl (C=O) groups excluding carboxylic acids is 1. The lowest BCUT2D eigenvalue weighted by Crippen LogP contribution is -2.37. The second kappa shape index (κ2) is 6.45. The van der Waals surface area contributed by atoms with Gasteiger partial charge in [0.05, 0.1) is 16.3 Å². The van der Waals surface area contributed by atoms with E-state index in [1.807, 2.05) is 0 Å². The van der Waals surface area contributed by atoms with Gasteiger partial charge in [0.25, 0.3) is 11.5 Å². The van der Waals surface area contributed by atoms with Gasteiger partial charge in [-0.1, -0.05) is 27.5 Å². The van der Waals surface area contributed by atoms with Crippen LogP contribution in [0, 0.1) is 0 Å². The molecule has 0 bridgehead atoms. The number of halogens is 2. The van der Waals surface area contributed by atoms with Gasteiger partial charge in [-0.2, -0.15) is 0 Å². The zero-order valence-electron chi connectivity index (χ0n) is 13.2. The molecule has 0 unspecified atom stereocenters. The fourth-order valence-corrected chi connectivity index (χ4v) is 3.02. The number of nitrogens with one attached hydrogen (secondary N) is 1. The third-order valence-electron chi connectivity index (χ3n) is 3.76. The third-order valence-corrected chi connectivity index (χ3v) is 4.59. The van der Waals surface area contributed by atoms with Gasteiger partial charge in [-0.15, -0.1) is 0 Å². The molecule has 2 aromatic heterocycles. The number of carbonyl (C=O) groups is 1. The van der Waals surface area contributed by atoms with Gasteiger partial charge < -0.3 is 5.32 Å². The number of aryl methyl sites for hydroxylation is 1. The Morgan fingerprint density at radius 3 is 2.64 bits per heavy atom. The summed E-state index contributed by atoms with van der Waals surface area (Å²) < 4.78 is 2.91. The minimum atomic E-state index is -0.540. The molecular formula is C16H12BrClN4O3. The molecule has 1 amide bonds. The first kappa shape index (κ1) is 17.4. The van der Waals surface area contributed by atoms with E-state index in [1.165, 1.54) is 30.9 Å². The van der Waals surface area contributed by atoms with Crippen molar-refractivity contribution in [2.24, 2.45) is 14.1 Å². The van der Waals surface area contributed by atoms with E-state index in [0.717, 1.165) is 4.57 Å². The molecular weight excluding hydrogens is 412 g/mol. The Bertz CT molecular complexity index is 1140. The topological polar surface area (TPSA) is 86.0 Å². The molecule has 25 heavy (non-hydrogen) atoms. The largest absolute Gasteiger partial charge is 0.332 e. The highest BCUT2D eigenvalue weighted by Gasteiger charge is 2.17. The quantitative estimate of drug-likeness (QED) is 0.685. The molecule has 1 aromatic carbocycles. The van der Waals surface area contributed by atoms with E-state index in [9.17, 15) is 14.4 Å². The second-order valence-electron chi connectivity index (χ2n) is 5.34. The Balaban J connectivity index is 2.17. The first-order valence-electron chi connectivity index (χ1n) is 7.12. The third kappa shape index (κ3) is 2.98. The van der Waals surface area contributed by atoms with Crippen molar-refractivity contribution in [2.75, 3.05) is 5.32 Å². The summed E-state index contributed by atoms with van der Waals surface area (Å²) in [6.07, 6.45) is 1.42. The smallest absolute Gasteiger partial charge is 0.321 e. The summed E-state index contributed by atoms with van der Waals surface area (Å²) in [5, 5.41) is 3.09. The lowest BCUT2D eigenvalue weighted by Gasteiger charge is -2.12. The summed E-state index contributed by atoms with van der Waals surface area (Å²) >= 11 is 9.36. The molecule has 7 nitrogen and oxygen atoms in total. The van der Waals surface area contributed by atoms with Gasteiger partial charge in [0, 0.05) is 24.8 Å². The maximum Gasteiger partial charge on any atom is 0.332 e. The highest BCUT2D eigenvalue weighted by molar-refractivity contribution is 9.10. The molecule has 0 aliphatic rings. The summed E-state index contributed by atoms with van der Waals surface area (Å²) in [7, 11) is 2.88. The van der Waals surface area contributed by atoms with Crippen molar-refractivity contribution in [2.45, 2.75) is 0 Å². The number of anilines is 1. The first-order valence-corrected chi connectivity index (χ1v) is 8.29. The number of amides is 1. The normalized spacial score (nSPS) is 10.9. The van der Waals surface area contributed by atoms with Gasteiger partial charge in [-0.3, -0.25) is 18.7 Å². The number of nitrogens with zero attached hydrogens (tertiary/aromatic N) is 3. The van der Waals surface area contributed by atoms with Crippen LogP contribution in [0.2, 0.25) is 5.02 Å². The molecule has 0 aliphatic carbocycles. The number of hydrogen-bond donors (Lipinski definition) is 1. The van der Waals surface area contributed by atoms with E-state index in [4.69, 9.17) is 11.6 Å². The van der Waals surface area contributed by atoms with Crippen LogP contribution in [0.1, 0.15) is 10.4 Å². The number of pyridine rings is 1. The maximum absolute atomic E-state index is 12.6. The van der Waals surface area contributed by atoms with Gasteiger partial charge >= 0.3 is 5.69 Å². The number of benzene rings is 1. The van der Waals surface area contributed by atoms with E-state index in [0.29, 0.717) is 4.47 Å². The Morgan fingerprint density at radius 2 is 1.92 bits per heavy atom. The second-order valence-corrected chi connectivity index (χ2v) is 6.66. The average molecular weight is 424 g/mol. The number of rotatable bonds is 2. The van der Waals surface area contributed by atoms with Crippen molar-refractivity contribution < 1.29 is 4.79 Å². The summed E-state index contributed by atoms with van der Waals surface area (Å²) in [4.78, 5) is 41.1. The summed E-state index contributed by atoms with van der Waals surface area (Å²) in [5.74, 6) is -0.477. The Labute approximate surface area is 155 Å². The predicted octanol–water partition coefficient (Wildman–Crippen LogP) is 2.30. The van der Waals surface area contributed by atoms with Gasteiger partial charge in [-0.25, -0.2) is 9.78 Å². The highest BCUT2D eigenvalue weighted by atomic mass is 79.9. The molecule has 3 rings (SSSR count). The lowest BCUT2D eigenvalue weighted by molar-refractivity contribution is 0.102. The molecule has 3 aromatic rings. The molecule has 2 heterocycles. The van der Waals surface area contributed by atoms with E-state index >= 15 is 0 Å². The van der Waals surface area contributed by atoms with Crippen LogP contribution in [-0.4, -0.2) is 20.0 Å². The molecule has 0 radical (unpaired) electrons. The van der Waals surface area contributed by atoms with Gasteiger partial charge in [0.15, 0.2) is 5.65 Å². The maximum atomic E-state index is 12.6. The standard InChI is InChI=1S/C16H12BrClN4O3/c1-21-13-12(15(24)22(2)16(21)25)11(5-6-19-13)20-14(23)9-7-8(17)3-4-10(9)18/h3-7H,1-2H3,(H,19,20,23). The number of hydrogen-bond acceptors (Lipinski definition) is 4. The van der Waals surface area contributed by atoms with Gasteiger partial charge in [0.2, 0.25) is 0 Å². The van der Waals surface area contributed by atoms with E-state index in [2.05, 4.69) is 26.2 Å². The van der Waals surface area contributed by atoms with E-state index in [-0.39, 0.29) is 27.3 Å². The summed E-state index contributed by atoms with van der Waals surface area (Å²) in [6, 6.07) is 6.38. The molecule has 128 valence electrons. The van der Waals surface area contributed by atoms with Crippen LogP contribution < -0.4 is 16.6 Å². The predicted molar refractivity (Wildman–Crippen MR) is 99.3 cm³/mol. The van der Waals surface area contributed by atoms with Crippen LogP contribution in [0.25, 0.3) is 11.0 Å². The highest BCUT2D eigenvalue weighted by Crippen LogP contribution is 2.23. The monoisotopic (exact) mass is 422 g/mol. The van der Waals surface area contributed by atoms with Crippen molar-refractivity contribution >= 4 is 50.2 Å². The van der Waals surface area contributed by atoms with Gasteiger partial charge in [0.1, 0.15) is 5.39 Å². The molecule has 1 N–H and O–H groups in total. The Hall–Kier alpha value is -2.45. The number of aromatic nitrogens is 3. The van der Waals surface area contributed by atoms with Crippen LogP contribution in [0.3, 0.4) is 0 Å². The van der Waals surface area contributed by atoms with Crippen LogP contribution >= 0.6 is 27.5 Å². The molecule has 0 atom stereocenters. The summed E-state index contributed by atoms with van der Waals surface area (Å²) in [5.41, 5.74) is -0.346. The van der Waals surface area contributed by atoms with Crippen LogP contribution in [0.5, 0.6) is 0 Å². The fraction of sp³-hybridized carbons (Fsp3) is 0.125. The lowest BCUT2D eigenvalue weighted by atomic mass is 10.2. The average Bonchev–Trinajstić information content (AvgIpc) is 2.59. The van der Waals surface area contributed by atoms with Crippen molar-refractivity contribution in [1.82, 2.24) is 14.1 Å². The molecule has 0 saturated carbocycles. The Kier molecular flexibility index (Phi) is 4.49. The van der Waals surface area contributed by atoms with Gasteiger partial charge in [-0.05, 0) is 24.3 Å². The van der Waals surface area contributed by atoms with Crippen molar-refractivity contribution in [3.05, 3.63) is 66.4 Å². The number of fused-ring (bicyclic) bond motifs is 1. The molecule has 0 fully saturated rings. The molecule has 9 heteroatoms. The van der Waals surface area contributed by atoms with Crippen molar-refractivity contribution in [3.63, 3.8) is 0 Å². The van der Waals surface area contributed by atoms with Crippen LogP contribution in [-0.2, 0) is 14.1 Å². The first-order chi connectivity index (χ1) is 11.8. The van der Waals surface area contributed by atoms with E-state index in [1.54, 1.807) is 18.2 Å². The Morgan fingerprint density at radius 1 is 1.20 bits per heavy atom. The fourth-order valence-electron chi connectivity index (χ4n) is 2.45. The zero-order valence-corrected chi connectivity index (χ0v) is 15.6. The molecule has 0 saturated heterocycles. The van der Waals surface area contributed by atoms with Crippen molar-refractivity contribution in [3.8, 4) is 0 Å².